The highest BCUT2D eigenvalue weighted by Gasteiger charge is 2.13. The van der Waals surface area contributed by atoms with Crippen molar-refractivity contribution in [3.05, 3.63) is 59.4 Å². The van der Waals surface area contributed by atoms with E-state index in [0.717, 1.165) is 42.0 Å². The summed E-state index contributed by atoms with van der Waals surface area (Å²) in [5.74, 6) is 1.65. The number of benzene rings is 2. The number of halogens is 1. The second-order valence-electron chi connectivity index (χ2n) is 6.53. The van der Waals surface area contributed by atoms with Gasteiger partial charge in [-0.15, -0.1) is 0 Å². The Morgan fingerprint density at radius 3 is 2.67 bits per heavy atom. The molecule has 6 heteroatoms. The zero-order valence-electron chi connectivity index (χ0n) is 15.7. The Labute approximate surface area is 164 Å². The smallest absolute Gasteiger partial charge is 0.219 e. The van der Waals surface area contributed by atoms with Gasteiger partial charge in [0.05, 0.1) is 29.2 Å². The zero-order valence-corrected chi connectivity index (χ0v) is 16.4. The van der Waals surface area contributed by atoms with E-state index >= 15 is 0 Å². The lowest BCUT2D eigenvalue weighted by atomic mass is 10.3. The Morgan fingerprint density at radius 2 is 1.89 bits per heavy atom. The van der Waals surface area contributed by atoms with Crippen molar-refractivity contribution in [2.24, 2.45) is 0 Å². The van der Waals surface area contributed by atoms with E-state index in [1.54, 1.807) is 18.9 Å². The summed E-state index contributed by atoms with van der Waals surface area (Å²) in [6.07, 6.45) is 1.85. The fourth-order valence-electron chi connectivity index (χ4n) is 2.93. The Hall–Kier alpha value is -2.53. The summed E-state index contributed by atoms with van der Waals surface area (Å²) in [7, 11) is 1.80. The molecule has 0 spiro atoms. The van der Waals surface area contributed by atoms with Gasteiger partial charge in [-0.05, 0) is 37.1 Å². The number of hydrogen-bond donors (Lipinski definition) is 0. The molecular weight excluding hydrogens is 362 g/mol. The number of nitrogens with zero attached hydrogens (tertiary/aromatic N) is 3. The van der Waals surface area contributed by atoms with Crippen LogP contribution in [0.1, 0.15) is 25.6 Å². The minimum absolute atomic E-state index is 0.0294. The number of carbonyl (C=O) groups excluding carboxylic acids is 1. The van der Waals surface area contributed by atoms with Crippen LogP contribution in [-0.2, 0) is 17.9 Å². The number of fused-ring (bicyclic) bond motifs is 1. The molecule has 142 valence electrons. The van der Waals surface area contributed by atoms with Crippen molar-refractivity contribution in [1.29, 1.82) is 0 Å². The second kappa shape index (κ2) is 8.91. The molecule has 3 rings (SSSR count). The first-order valence-electron chi connectivity index (χ1n) is 9.09. The van der Waals surface area contributed by atoms with Crippen LogP contribution in [0.2, 0.25) is 5.02 Å². The first-order chi connectivity index (χ1) is 13.1. The van der Waals surface area contributed by atoms with Crippen LogP contribution in [0.4, 0.5) is 0 Å². The highest BCUT2D eigenvalue weighted by Crippen LogP contribution is 2.23. The van der Waals surface area contributed by atoms with Gasteiger partial charge in [0, 0.05) is 20.5 Å². The third-order valence-electron chi connectivity index (χ3n) is 4.52. The molecule has 27 heavy (non-hydrogen) atoms. The Kier molecular flexibility index (Phi) is 6.35. The van der Waals surface area contributed by atoms with E-state index < -0.39 is 0 Å². The normalized spacial score (nSPS) is 10.9. The van der Waals surface area contributed by atoms with Gasteiger partial charge in [-0.2, -0.15) is 0 Å². The highest BCUT2D eigenvalue weighted by molar-refractivity contribution is 6.32. The SMILES string of the molecule is CC(=O)N(C)Cc1nc2ccccc2n1CCCCOc1ccccc1Cl. The number of hydrogen-bond acceptors (Lipinski definition) is 3. The molecular formula is C21H24ClN3O2. The molecule has 0 aliphatic rings. The molecule has 0 aliphatic carbocycles. The monoisotopic (exact) mass is 385 g/mol. The van der Waals surface area contributed by atoms with Gasteiger partial charge in [0.2, 0.25) is 5.91 Å². The molecule has 0 aliphatic heterocycles. The van der Waals surface area contributed by atoms with Crippen LogP contribution >= 0.6 is 11.6 Å². The van der Waals surface area contributed by atoms with E-state index in [9.17, 15) is 4.79 Å². The number of rotatable bonds is 8. The summed E-state index contributed by atoms with van der Waals surface area (Å²) in [5.41, 5.74) is 2.05. The van der Waals surface area contributed by atoms with Gasteiger partial charge >= 0.3 is 0 Å². The van der Waals surface area contributed by atoms with Crippen LogP contribution < -0.4 is 4.74 Å². The summed E-state index contributed by atoms with van der Waals surface area (Å²) in [6, 6.07) is 15.6. The predicted octanol–water partition coefficient (Wildman–Crippen LogP) is 4.53. The quantitative estimate of drug-likeness (QED) is 0.535. The van der Waals surface area contributed by atoms with Gasteiger partial charge in [-0.25, -0.2) is 4.98 Å². The van der Waals surface area contributed by atoms with Crippen LogP contribution in [0.15, 0.2) is 48.5 Å². The van der Waals surface area contributed by atoms with Crippen LogP contribution in [0.3, 0.4) is 0 Å². The maximum atomic E-state index is 11.6. The summed E-state index contributed by atoms with van der Waals surface area (Å²) in [6.45, 7) is 3.51. The number of amides is 1. The van der Waals surface area contributed by atoms with Crippen molar-refractivity contribution >= 4 is 28.5 Å². The molecule has 0 N–H and O–H groups in total. The molecule has 1 aromatic heterocycles. The Morgan fingerprint density at radius 1 is 1.15 bits per heavy atom. The van der Waals surface area contributed by atoms with Crippen molar-refractivity contribution in [3.63, 3.8) is 0 Å². The minimum atomic E-state index is 0.0294. The molecule has 0 atom stereocenters. The number of aromatic nitrogens is 2. The van der Waals surface area contributed by atoms with E-state index in [-0.39, 0.29) is 5.91 Å². The third kappa shape index (κ3) is 4.80. The Balaban J connectivity index is 1.63. The van der Waals surface area contributed by atoms with Gasteiger partial charge in [0.15, 0.2) is 0 Å². The van der Waals surface area contributed by atoms with Gasteiger partial charge < -0.3 is 14.2 Å². The highest BCUT2D eigenvalue weighted by atomic mass is 35.5. The molecule has 5 nitrogen and oxygen atoms in total. The summed E-state index contributed by atoms with van der Waals surface area (Å²) in [4.78, 5) is 18.0. The molecule has 3 aromatic rings. The first-order valence-corrected chi connectivity index (χ1v) is 9.47. The maximum absolute atomic E-state index is 11.6. The standard InChI is InChI=1S/C21H24ClN3O2/c1-16(26)24(2)15-21-23-18-10-4-5-11-19(18)25(21)13-7-8-14-27-20-12-6-3-9-17(20)22/h3-6,9-12H,7-8,13-15H2,1-2H3. The van der Waals surface area contributed by atoms with Crippen molar-refractivity contribution in [2.45, 2.75) is 32.9 Å². The molecule has 2 aromatic carbocycles. The average Bonchev–Trinajstić information content (AvgIpc) is 3.00. The van der Waals surface area contributed by atoms with Crippen LogP contribution in [0.5, 0.6) is 5.75 Å². The maximum Gasteiger partial charge on any atom is 0.219 e. The number of imidazole rings is 1. The lowest BCUT2D eigenvalue weighted by Crippen LogP contribution is -2.25. The molecule has 0 fully saturated rings. The molecule has 0 radical (unpaired) electrons. The van der Waals surface area contributed by atoms with Crippen molar-refractivity contribution in [3.8, 4) is 5.75 Å². The van der Waals surface area contributed by atoms with Crippen LogP contribution in [-0.4, -0.2) is 34.0 Å². The van der Waals surface area contributed by atoms with Gasteiger partial charge in [0.25, 0.3) is 0 Å². The minimum Gasteiger partial charge on any atom is -0.492 e. The lowest BCUT2D eigenvalue weighted by molar-refractivity contribution is -0.128. The van der Waals surface area contributed by atoms with Crippen LogP contribution in [0.25, 0.3) is 11.0 Å². The zero-order chi connectivity index (χ0) is 19.2. The topological polar surface area (TPSA) is 47.4 Å². The molecule has 1 amide bonds. The average molecular weight is 386 g/mol. The number of unbranched alkanes of at least 4 members (excludes halogenated alkanes) is 1. The van der Waals surface area contributed by atoms with E-state index in [1.165, 1.54) is 0 Å². The largest absolute Gasteiger partial charge is 0.492 e. The van der Waals surface area contributed by atoms with E-state index in [0.29, 0.717) is 18.2 Å². The Bertz CT molecular complexity index is 923. The summed E-state index contributed by atoms with van der Waals surface area (Å²) < 4.78 is 7.96. The number of para-hydroxylation sites is 3. The van der Waals surface area contributed by atoms with Gasteiger partial charge in [-0.1, -0.05) is 35.9 Å². The second-order valence-corrected chi connectivity index (χ2v) is 6.94. The number of carbonyl (C=O) groups is 1. The fraction of sp³-hybridized carbons (Fsp3) is 0.333. The third-order valence-corrected chi connectivity index (χ3v) is 4.83. The predicted molar refractivity (Wildman–Crippen MR) is 108 cm³/mol. The molecule has 0 unspecified atom stereocenters. The van der Waals surface area contributed by atoms with Crippen LogP contribution in [0, 0.1) is 0 Å². The first kappa shape index (κ1) is 19.2. The van der Waals surface area contributed by atoms with E-state index in [4.69, 9.17) is 21.3 Å². The lowest BCUT2D eigenvalue weighted by Gasteiger charge is -2.16. The summed E-state index contributed by atoms with van der Waals surface area (Å²) in [5, 5.41) is 0.632. The molecule has 0 bridgehead atoms. The number of aryl methyl sites for hydroxylation is 1. The van der Waals surface area contributed by atoms with Crippen molar-refractivity contribution in [2.75, 3.05) is 13.7 Å². The molecule has 0 saturated heterocycles. The fourth-order valence-corrected chi connectivity index (χ4v) is 3.13. The van der Waals surface area contributed by atoms with Crippen molar-refractivity contribution in [1.82, 2.24) is 14.5 Å². The van der Waals surface area contributed by atoms with E-state index in [1.807, 2.05) is 42.5 Å². The van der Waals surface area contributed by atoms with Gasteiger partial charge in [-0.3, -0.25) is 4.79 Å². The number of ether oxygens (including phenoxy) is 1. The molecule has 1 heterocycles. The summed E-state index contributed by atoms with van der Waals surface area (Å²) >= 11 is 6.11. The molecule has 0 saturated carbocycles. The van der Waals surface area contributed by atoms with E-state index in [2.05, 4.69) is 10.6 Å². The van der Waals surface area contributed by atoms with Gasteiger partial charge in [0.1, 0.15) is 11.6 Å². The van der Waals surface area contributed by atoms with Crippen molar-refractivity contribution < 1.29 is 9.53 Å².